The lowest BCUT2D eigenvalue weighted by Gasteiger charge is -2.30. The molecule has 0 spiro atoms. The highest BCUT2D eigenvalue weighted by Crippen LogP contribution is 2.19. The van der Waals surface area contributed by atoms with Crippen LogP contribution in [0.5, 0.6) is 0 Å². The summed E-state index contributed by atoms with van der Waals surface area (Å²) >= 11 is 0. The molecule has 16 heavy (non-hydrogen) atoms. The molecule has 1 aromatic rings. The van der Waals surface area contributed by atoms with Crippen molar-refractivity contribution in [2.75, 3.05) is 13.6 Å². The fraction of sp³-hybridized carbons (Fsp3) is 0.615. The van der Waals surface area contributed by atoms with Crippen LogP contribution < -0.4 is 0 Å². The van der Waals surface area contributed by atoms with Crippen molar-refractivity contribution in [2.24, 2.45) is 0 Å². The molecule has 0 aliphatic heterocycles. The second-order valence-corrected chi connectivity index (χ2v) is 4.72. The van der Waals surface area contributed by atoms with Crippen LogP contribution in [0.1, 0.15) is 31.2 Å². The third kappa shape index (κ3) is 2.95. The maximum Gasteiger partial charge on any atom is 0.133 e. The number of aromatic nitrogens is 1. The predicted octanol–water partition coefficient (Wildman–Crippen LogP) is 2.00. The van der Waals surface area contributed by atoms with Gasteiger partial charge in [-0.15, -0.1) is 0 Å². The van der Waals surface area contributed by atoms with Crippen LogP contribution in [-0.4, -0.2) is 35.3 Å². The average Bonchev–Trinajstić information content (AvgIpc) is 2.80. The van der Waals surface area contributed by atoms with E-state index in [1.165, 1.54) is 5.56 Å². The summed E-state index contributed by atoms with van der Waals surface area (Å²) in [5, 5.41) is 0. The summed E-state index contributed by atoms with van der Waals surface area (Å²) in [7, 11) is 2.17. The van der Waals surface area contributed by atoms with Gasteiger partial charge in [-0.2, -0.15) is 0 Å². The molecular formula is C13H20N2O. The Morgan fingerprint density at radius 2 is 2.19 bits per heavy atom. The van der Waals surface area contributed by atoms with E-state index >= 15 is 0 Å². The fourth-order valence-electron chi connectivity index (χ4n) is 2.37. The van der Waals surface area contributed by atoms with Gasteiger partial charge in [0.15, 0.2) is 0 Å². The predicted molar refractivity (Wildman–Crippen MR) is 64.4 cm³/mol. The van der Waals surface area contributed by atoms with Crippen LogP contribution in [0.3, 0.4) is 0 Å². The number of hydrogen-bond acceptors (Lipinski definition) is 2. The van der Waals surface area contributed by atoms with E-state index in [0.29, 0.717) is 11.8 Å². The molecule has 1 fully saturated rings. The number of ketones is 1. The van der Waals surface area contributed by atoms with Gasteiger partial charge in [0, 0.05) is 37.8 Å². The molecule has 2 rings (SSSR count). The van der Waals surface area contributed by atoms with E-state index < -0.39 is 0 Å². The Kier molecular flexibility index (Phi) is 3.78. The van der Waals surface area contributed by atoms with Gasteiger partial charge in [-0.25, -0.2) is 0 Å². The quantitative estimate of drug-likeness (QED) is 0.842. The standard InChI is InChI=1S/C13H20N2O/c1-15(9-7-11-6-8-14-10-11)12-2-4-13(16)5-3-12/h6,8,10,12,14H,2-5,7,9H2,1H3. The third-order valence-corrected chi connectivity index (χ3v) is 3.55. The lowest BCUT2D eigenvalue weighted by atomic mass is 9.93. The molecule has 0 bridgehead atoms. The molecule has 1 aromatic heterocycles. The Labute approximate surface area is 96.8 Å². The van der Waals surface area contributed by atoms with Crippen molar-refractivity contribution >= 4 is 5.78 Å². The minimum atomic E-state index is 0.440. The van der Waals surface area contributed by atoms with Crippen LogP contribution in [0.25, 0.3) is 0 Å². The second kappa shape index (κ2) is 5.30. The molecule has 1 saturated carbocycles. The number of carbonyl (C=O) groups is 1. The van der Waals surface area contributed by atoms with Gasteiger partial charge < -0.3 is 9.88 Å². The van der Waals surface area contributed by atoms with Crippen LogP contribution in [0.15, 0.2) is 18.5 Å². The summed E-state index contributed by atoms with van der Waals surface area (Å²) in [6, 6.07) is 2.73. The Balaban J connectivity index is 1.75. The summed E-state index contributed by atoms with van der Waals surface area (Å²) < 4.78 is 0. The molecule has 1 heterocycles. The van der Waals surface area contributed by atoms with E-state index in [0.717, 1.165) is 38.6 Å². The third-order valence-electron chi connectivity index (χ3n) is 3.55. The first kappa shape index (κ1) is 11.4. The molecule has 3 nitrogen and oxygen atoms in total. The number of nitrogens with one attached hydrogen (secondary N) is 1. The number of nitrogens with zero attached hydrogens (tertiary/aromatic N) is 1. The molecule has 0 radical (unpaired) electrons. The first-order valence-electron chi connectivity index (χ1n) is 6.09. The number of Topliss-reactive ketones (excluding diaryl/α,β-unsaturated/α-hetero) is 1. The van der Waals surface area contributed by atoms with E-state index in [2.05, 4.69) is 29.2 Å². The molecule has 0 amide bonds. The summed E-state index contributed by atoms with van der Waals surface area (Å²) in [5.41, 5.74) is 1.36. The summed E-state index contributed by atoms with van der Waals surface area (Å²) in [6.07, 6.45) is 8.75. The van der Waals surface area contributed by atoms with E-state index in [4.69, 9.17) is 0 Å². The molecular weight excluding hydrogens is 200 g/mol. The average molecular weight is 220 g/mol. The minimum absolute atomic E-state index is 0.440. The number of rotatable bonds is 4. The summed E-state index contributed by atoms with van der Waals surface area (Å²) in [4.78, 5) is 16.6. The van der Waals surface area contributed by atoms with Gasteiger partial charge in [0.05, 0.1) is 0 Å². The number of aromatic amines is 1. The summed E-state index contributed by atoms with van der Waals surface area (Å²) in [5.74, 6) is 0.440. The highest BCUT2D eigenvalue weighted by atomic mass is 16.1. The lowest BCUT2D eigenvalue weighted by Crippen LogP contribution is -2.36. The lowest BCUT2D eigenvalue weighted by molar-refractivity contribution is -0.121. The molecule has 0 atom stereocenters. The van der Waals surface area contributed by atoms with Gasteiger partial charge in [-0.1, -0.05) is 0 Å². The molecule has 88 valence electrons. The number of hydrogen-bond donors (Lipinski definition) is 1. The van der Waals surface area contributed by atoms with Crippen molar-refractivity contribution in [1.29, 1.82) is 0 Å². The summed E-state index contributed by atoms with van der Waals surface area (Å²) in [6.45, 7) is 1.08. The van der Waals surface area contributed by atoms with E-state index in [9.17, 15) is 4.79 Å². The first-order valence-corrected chi connectivity index (χ1v) is 6.09. The number of H-pyrrole nitrogens is 1. The van der Waals surface area contributed by atoms with Crippen LogP contribution in [0.2, 0.25) is 0 Å². The van der Waals surface area contributed by atoms with Crippen molar-refractivity contribution in [2.45, 2.75) is 38.1 Å². The highest BCUT2D eigenvalue weighted by Gasteiger charge is 2.21. The van der Waals surface area contributed by atoms with Gasteiger partial charge in [0.25, 0.3) is 0 Å². The smallest absolute Gasteiger partial charge is 0.133 e. The SMILES string of the molecule is CN(CCc1cc[nH]c1)C1CCC(=O)CC1. The maximum atomic E-state index is 11.2. The van der Waals surface area contributed by atoms with Gasteiger partial charge in [0.2, 0.25) is 0 Å². The Morgan fingerprint density at radius 1 is 1.44 bits per heavy atom. The van der Waals surface area contributed by atoms with Gasteiger partial charge in [0.1, 0.15) is 5.78 Å². The molecule has 0 saturated heterocycles. The Morgan fingerprint density at radius 3 is 2.81 bits per heavy atom. The molecule has 0 unspecified atom stereocenters. The molecule has 3 heteroatoms. The van der Waals surface area contributed by atoms with Crippen molar-refractivity contribution in [3.63, 3.8) is 0 Å². The van der Waals surface area contributed by atoms with Gasteiger partial charge >= 0.3 is 0 Å². The van der Waals surface area contributed by atoms with E-state index in [-0.39, 0.29) is 0 Å². The zero-order chi connectivity index (χ0) is 11.4. The number of carbonyl (C=O) groups excluding carboxylic acids is 1. The first-order chi connectivity index (χ1) is 7.75. The van der Waals surface area contributed by atoms with E-state index in [1.54, 1.807) is 0 Å². The highest BCUT2D eigenvalue weighted by molar-refractivity contribution is 5.79. The van der Waals surface area contributed by atoms with Crippen LogP contribution in [0, 0.1) is 0 Å². The topological polar surface area (TPSA) is 36.1 Å². The van der Waals surface area contributed by atoms with Crippen LogP contribution in [0.4, 0.5) is 0 Å². The number of likely N-dealkylation sites (N-methyl/N-ethyl adjacent to an activating group) is 1. The van der Waals surface area contributed by atoms with Crippen molar-refractivity contribution in [1.82, 2.24) is 9.88 Å². The zero-order valence-corrected chi connectivity index (χ0v) is 9.91. The van der Waals surface area contributed by atoms with Crippen LogP contribution >= 0.6 is 0 Å². The molecule has 1 aliphatic rings. The Hall–Kier alpha value is -1.09. The second-order valence-electron chi connectivity index (χ2n) is 4.72. The molecule has 1 aliphatic carbocycles. The minimum Gasteiger partial charge on any atom is -0.367 e. The largest absolute Gasteiger partial charge is 0.367 e. The normalized spacial score (nSPS) is 18.2. The van der Waals surface area contributed by atoms with Crippen LogP contribution in [-0.2, 0) is 11.2 Å². The molecule has 1 N–H and O–H groups in total. The monoisotopic (exact) mass is 220 g/mol. The fourth-order valence-corrected chi connectivity index (χ4v) is 2.37. The van der Waals surface area contributed by atoms with Gasteiger partial charge in [-0.05, 0) is 37.9 Å². The zero-order valence-electron chi connectivity index (χ0n) is 9.91. The van der Waals surface area contributed by atoms with Crippen molar-refractivity contribution in [3.05, 3.63) is 24.0 Å². The van der Waals surface area contributed by atoms with Crippen molar-refractivity contribution in [3.8, 4) is 0 Å². The van der Waals surface area contributed by atoms with E-state index in [1.807, 2.05) is 6.20 Å². The molecule has 0 aromatic carbocycles. The van der Waals surface area contributed by atoms with Crippen molar-refractivity contribution < 1.29 is 4.79 Å². The maximum absolute atomic E-state index is 11.2. The van der Waals surface area contributed by atoms with Gasteiger partial charge in [-0.3, -0.25) is 4.79 Å². The Bertz CT molecular complexity index is 322.